The van der Waals surface area contributed by atoms with Crippen molar-refractivity contribution >= 4 is 0 Å². The SMILES string of the molecule is Oc1cc(O)c2c(c1)O[C@H](c1cc(O)c(O)c(O)c1)[C@@H](O)[C@@H]2c1c(O)cc(O)c2c1O[C@H](c1ccc(O)c(O)c1)[C@@H](O)C2. The van der Waals surface area contributed by atoms with Gasteiger partial charge in [-0.25, -0.2) is 0 Å². The Balaban J connectivity index is 1.56. The molecule has 0 fully saturated rings. The van der Waals surface area contributed by atoms with E-state index in [1.165, 1.54) is 18.2 Å². The maximum atomic E-state index is 11.8. The van der Waals surface area contributed by atoms with Gasteiger partial charge >= 0.3 is 0 Å². The number of aliphatic hydroxyl groups excluding tert-OH is 2. The fourth-order valence-corrected chi connectivity index (χ4v) is 5.78. The average molecular weight is 595 g/mol. The zero-order valence-corrected chi connectivity index (χ0v) is 21.9. The molecule has 0 saturated heterocycles. The molecule has 0 aliphatic carbocycles. The van der Waals surface area contributed by atoms with Crippen LogP contribution in [0.3, 0.4) is 0 Å². The Labute approximate surface area is 242 Å². The Morgan fingerprint density at radius 3 is 1.88 bits per heavy atom. The maximum Gasteiger partial charge on any atom is 0.200 e. The van der Waals surface area contributed by atoms with E-state index in [4.69, 9.17) is 9.47 Å². The molecule has 6 rings (SSSR count). The van der Waals surface area contributed by atoms with Gasteiger partial charge in [0.15, 0.2) is 34.9 Å². The van der Waals surface area contributed by atoms with E-state index in [-0.39, 0.29) is 45.7 Å². The normalized spacial score (nSPS) is 22.6. The van der Waals surface area contributed by atoms with Crippen molar-refractivity contribution in [3.63, 3.8) is 0 Å². The summed E-state index contributed by atoms with van der Waals surface area (Å²) in [5.41, 5.74) is 0.0126. The summed E-state index contributed by atoms with van der Waals surface area (Å²) >= 11 is 0. The number of fused-ring (bicyclic) bond motifs is 2. The Hall–Kier alpha value is -5.40. The number of phenols is 9. The van der Waals surface area contributed by atoms with Gasteiger partial charge in [0.05, 0.1) is 12.0 Å². The predicted molar refractivity (Wildman–Crippen MR) is 145 cm³/mol. The predicted octanol–water partition coefficient (Wildman–Crippen LogP) is 2.70. The van der Waals surface area contributed by atoms with Crippen molar-refractivity contribution in [3.8, 4) is 63.2 Å². The summed E-state index contributed by atoms with van der Waals surface area (Å²) in [5, 5.41) is 116. The van der Waals surface area contributed by atoms with Crippen LogP contribution >= 0.6 is 0 Å². The molecule has 13 heteroatoms. The Morgan fingerprint density at radius 1 is 0.558 bits per heavy atom. The van der Waals surface area contributed by atoms with Crippen LogP contribution in [0.4, 0.5) is 0 Å². The van der Waals surface area contributed by atoms with Gasteiger partial charge in [0.2, 0.25) is 0 Å². The monoisotopic (exact) mass is 594 g/mol. The van der Waals surface area contributed by atoms with Crippen LogP contribution in [0.1, 0.15) is 45.9 Å². The lowest BCUT2D eigenvalue weighted by molar-refractivity contribution is 0.00108. The van der Waals surface area contributed by atoms with Crippen LogP contribution in [-0.4, -0.2) is 68.4 Å². The minimum Gasteiger partial charge on any atom is -0.508 e. The number of rotatable bonds is 3. The van der Waals surface area contributed by atoms with Crippen molar-refractivity contribution in [1.29, 1.82) is 0 Å². The molecule has 0 amide bonds. The van der Waals surface area contributed by atoms with E-state index in [9.17, 15) is 56.2 Å². The highest BCUT2D eigenvalue weighted by atomic mass is 16.5. The van der Waals surface area contributed by atoms with E-state index in [0.717, 1.165) is 30.3 Å². The summed E-state index contributed by atoms with van der Waals surface area (Å²) in [4.78, 5) is 0. The third-order valence-electron chi connectivity index (χ3n) is 7.77. The first-order chi connectivity index (χ1) is 20.3. The quantitative estimate of drug-likeness (QED) is 0.153. The molecule has 4 aromatic carbocycles. The van der Waals surface area contributed by atoms with Crippen molar-refractivity contribution in [3.05, 3.63) is 76.3 Å². The number of benzene rings is 4. The average Bonchev–Trinajstić information content (AvgIpc) is 2.94. The number of hydrogen-bond acceptors (Lipinski definition) is 13. The lowest BCUT2D eigenvalue weighted by atomic mass is 9.77. The molecular formula is C30H26O13. The summed E-state index contributed by atoms with van der Waals surface area (Å²) < 4.78 is 12.0. The minimum absolute atomic E-state index is 0.0281. The second-order valence-electron chi connectivity index (χ2n) is 10.5. The molecule has 4 aromatic rings. The zero-order chi connectivity index (χ0) is 30.9. The highest BCUT2D eigenvalue weighted by Crippen LogP contribution is 2.57. The van der Waals surface area contributed by atoms with E-state index in [1.54, 1.807) is 0 Å². The van der Waals surface area contributed by atoms with Crippen LogP contribution in [-0.2, 0) is 6.42 Å². The summed E-state index contributed by atoms with van der Waals surface area (Å²) in [6, 6.07) is 8.90. The first-order valence-corrected chi connectivity index (χ1v) is 12.9. The minimum atomic E-state index is -1.71. The Bertz CT molecular complexity index is 1750. The van der Waals surface area contributed by atoms with Crippen LogP contribution in [0.2, 0.25) is 0 Å². The molecule has 5 atom stereocenters. The molecule has 0 spiro atoms. The van der Waals surface area contributed by atoms with Gasteiger partial charge < -0.3 is 65.6 Å². The lowest BCUT2D eigenvalue weighted by Crippen LogP contribution is -2.36. The molecular weight excluding hydrogens is 568 g/mol. The van der Waals surface area contributed by atoms with E-state index >= 15 is 0 Å². The molecule has 43 heavy (non-hydrogen) atoms. The van der Waals surface area contributed by atoms with Crippen molar-refractivity contribution in [1.82, 2.24) is 0 Å². The van der Waals surface area contributed by atoms with E-state index in [1.807, 2.05) is 0 Å². The Kier molecular flexibility index (Phi) is 6.36. The zero-order valence-electron chi connectivity index (χ0n) is 21.9. The van der Waals surface area contributed by atoms with Gasteiger partial charge in [-0.3, -0.25) is 0 Å². The molecule has 11 N–H and O–H groups in total. The first kappa shape index (κ1) is 27.8. The van der Waals surface area contributed by atoms with Gasteiger partial charge in [-0.2, -0.15) is 0 Å². The van der Waals surface area contributed by atoms with Gasteiger partial charge in [-0.15, -0.1) is 0 Å². The van der Waals surface area contributed by atoms with Crippen LogP contribution in [0, 0.1) is 0 Å². The number of ether oxygens (including phenoxy) is 2. The molecule has 2 aliphatic rings. The van der Waals surface area contributed by atoms with Crippen molar-refractivity contribution in [2.24, 2.45) is 0 Å². The molecule has 2 heterocycles. The van der Waals surface area contributed by atoms with Crippen LogP contribution in [0.25, 0.3) is 0 Å². The van der Waals surface area contributed by atoms with Crippen LogP contribution in [0.15, 0.2) is 48.5 Å². The van der Waals surface area contributed by atoms with Crippen molar-refractivity contribution in [2.75, 3.05) is 0 Å². The second kappa shape index (κ2) is 9.86. The molecule has 0 saturated carbocycles. The first-order valence-electron chi connectivity index (χ1n) is 12.9. The second-order valence-corrected chi connectivity index (χ2v) is 10.5. The highest BCUT2D eigenvalue weighted by molar-refractivity contribution is 5.66. The molecule has 0 radical (unpaired) electrons. The fourth-order valence-electron chi connectivity index (χ4n) is 5.78. The number of aliphatic hydroxyl groups is 2. The van der Waals surface area contributed by atoms with Gasteiger partial charge in [0, 0.05) is 46.9 Å². The Morgan fingerprint density at radius 2 is 1.21 bits per heavy atom. The van der Waals surface area contributed by atoms with Crippen LogP contribution in [0.5, 0.6) is 63.2 Å². The summed E-state index contributed by atoms with van der Waals surface area (Å²) in [7, 11) is 0. The number of hydrogen-bond donors (Lipinski definition) is 11. The molecule has 224 valence electrons. The van der Waals surface area contributed by atoms with E-state index in [0.29, 0.717) is 0 Å². The smallest absolute Gasteiger partial charge is 0.200 e. The summed E-state index contributed by atoms with van der Waals surface area (Å²) in [5.74, 6) is -6.87. The fraction of sp³-hybridized carbons (Fsp3) is 0.200. The number of phenolic OH excluding ortho intramolecular Hbond substituents is 9. The van der Waals surface area contributed by atoms with Gasteiger partial charge in [-0.1, -0.05) is 6.07 Å². The molecule has 0 aromatic heterocycles. The third kappa shape index (κ3) is 4.42. The topological polar surface area (TPSA) is 241 Å². The molecule has 2 aliphatic heterocycles. The lowest BCUT2D eigenvalue weighted by Gasteiger charge is -2.40. The summed E-state index contributed by atoms with van der Waals surface area (Å²) in [6.07, 6.45) is -5.81. The molecule has 0 unspecified atom stereocenters. The molecule has 13 nitrogen and oxygen atoms in total. The highest BCUT2D eigenvalue weighted by Gasteiger charge is 2.46. The number of aromatic hydroxyl groups is 9. The summed E-state index contributed by atoms with van der Waals surface area (Å²) in [6.45, 7) is 0. The largest absolute Gasteiger partial charge is 0.508 e. The van der Waals surface area contributed by atoms with E-state index in [2.05, 4.69) is 0 Å². The van der Waals surface area contributed by atoms with Gasteiger partial charge in [0.1, 0.15) is 46.7 Å². The van der Waals surface area contributed by atoms with Crippen molar-refractivity contribution < 1.29 is 65.6 Å². The standard InChI is InChI=1S/C30H26O13/c31-12-6-17(35)23-22(7-12)42-29(11-4-19(37)26(40)20(38)5-11)27(41)25(23)24-18(36)9-15(33)13-8-21(39)28(43-30(13)24)10-1-2-14(32)16(34)3-10/h1-7,9,21,25,27-29,31-41H,8H2/t21-,25-,27-,28+,29+/m0/s1. The molecule has 0 bridgehead atoms. The van der Waals surface area contributed by atoms with Gasteiger partial charge in [-0.05, 0) is 29.8 Å². The third-order valence-corrected chi connectivity index (χ3v) is 7.77. The van der Waals surface area contributed by atoms with Crippen LogP contribution < -0.4 is 9.47 Å². The van der Waals surface area contributed by atoms with Gasteiger partial charge in [0.25, 0.3) is 0 Å². The van der Waals surface area contributed by atoms with E-state index < -0.39 is 82.1 Å². The van der Waals surface area contributed by atoms with Crippen molar-refractivity contribution in [2.45, 2.75) is 36.8 Å². The maximum absolute atomic E-state index is 11.8.